The van der Waals surface area contributed by atoms with Gasteiger partial charge in [0, 0.05) is 13.5 Å². The van der Waals surface area contributed by atoms with Crippen molar-refractivity contribution >= 4 is 11.9 Å². The molecule has 0 aromatic carbocycles. The lowest BCUT2D eigenvalue weighted by atomic mass is 10.2. The smallest absolute Gasteiger partial charge is 0.360 e. The van der Waals surface area contributed by atoms with E-state index < -0.39 is 5.97 Å². The third-order valence-corrected chi connectivity index (χ3v) is 2.38. The van der Waals surface area contributed by atoms with E-state index in [4.69, 9.17) is 0 Å². The number of carbonyl (C=O) groups is 2. The number of ether oxygens (including phenoxy) is 1. The van der Waals surface area contributed by atoms with Crippen LogP contribution in [0.25, 0.3) is 0 Å². The molecule has 1 heterocycles. The zero-order valence-corrected chi connectivity index (χ0v) is 10.2. The highest BCUT2D eigenvalue weighted by molar-refractivity contribution is 5.88. The van der Waals surface area contributed by atoms with Gasteiger partial charge < -0.3 is 10.1 Å². The van der Waals surface area contributed by atoms with Gasteiger partial charge in [-0.2, -0.15) is 0 Å². The van der Waals surface area contributed by atoms with Crippen LogP contribution in [0, 0.1) is 0 Å². The molecule has 0 fully saturated rings. The Hall–Kier alpha value is -1.92. The van der Waals surface area contributed by atoms with Gasteiger partial charge >= 0.3 is 5.97 Å². The second-order valence-electron chi connectivity index (χ2n) is 3.38. The summed E-state index contributed by atoms with van der Waals surface area (Å²) in [7, 11) is 2.87. The molecule has 7 heteroatoms. The zero-order chi connectivity index (χ0) is 12.8. The van der Waals surface area contributed by atoms with Crippen molar-refractivity contribution in [3.05, 3.63) is 11.4 Å². The average molecular weight is 240 g/mol. The molecule has 17 heavy (non-hydrogen) atoms. The number of nitrogens with zero attached hydrogens (tertiary/aromatic N) is 3. The van der Waals surface area contributed by atoms with Gasteiger partial charge in [-0.1, -0.05) is 12.1 Å². The van der Waals surface area contributed by atoms with Crippen LogP contribution in [0.15, 0.2) is 0 Å². The predicted octanol–water partition coefficient (Wildman–Crippen LogP) is -0.237. The van der Waals surface area contributed by atoms with Gasteiger partial charge in [0.2, 0.25) is 5.91 Å². The number of amides is 1. The van der Waals surface area contributed by atoms with Crippen LogP contribution >= 0.6 is 0 Å². The van der Waals surface area contributed by atoms with Crippen LogP contribution < -0.4 is 5.32 Å². The zero-order valence-electron chi connectivity index (χ0n) is 10.2. The Balaban J connectivity index is 2.83. The molecule has 1 aromatic rings. The van der Waals surface area contributed by atoms with E-state index in [2.05, 4.69) is 20.4 Å². The SMILES string of the molecule is CCc1c(C(=O)OC)nnn1CCC(=O)NC. The minimum absolute atomic E-state index is 0.0813. The van der Waals surface area contributed by atoms with E-state index in [-0.39, 0.29) is 11.6 Å². The quantitative estimate of drug-likeness (QED) is 0.718. The van der Waals surface area contributed by atoms with E-state index >= 15 is 0 Å². The molecule has 0 spiro atoms. The second-order valence-corrected chi connectivity index (χ2v) is 3.38. The van der Waals surface area contributed by atoms with Crippen LogP contribution in [-0.4, -0.2) is 41.0 Å². The molecule has 1 aromatic heterocycles. The minimum atomic E-state index is -0.506. The highest BCUT2D eigenvalue weighted by Gasteiger charge is 2.18. The lowest BCUT2D eigenvalue weighted by molar-refractivity contribution is -0.120. The lowest BCUT2D eigenvalue weighted by Crippen LogP contribution is -2.20. The van der Waals surface area contributed by atoms with E-state index in [1.54, 1.807) is 11.7 Å². The van der Waals surface area contributed by atoms with Crippen molar-refractivity contribution in [1.82, 2.24) is 20.3 Å². The standard InChI is InChI=1S/C10H16N4O3/c1-4-7-9(10(16)17-3)12-13-14(7)6-5-8(15)11-2/h4-6H2,1-3H3,(H,11,15). The maximum Gasteiger partial charge on any atom is 0.360 e. The molecule has 0 aliphatic heterocycles. The fourth-order valence-corrected chi connectivity index (χ4v) is 1.45. The van der Waals surface area contributed by atoms with E-state index in [1.165, 1.54) is 7.11 Å². The van der Waals surface area contributed by atoms with Gasteiger partial charge in [0.25, 0.3) is 0 Å². The van der Waals surface area contributed by atoms with E-state index in [0.717, 1.165) is 0 Å². The second kappa shape index (κ2) is 5.97. The molecule has 1 rings (SSSR count). The highest BCUT2D eigenvalue weighted by atomic mass is 16.5. The highest BCUT2D eigenvalue weighted by Crippen LogP contribution is 2.08. The Labute approximate surface area is 99.1 Å². The molecular weight excluding hydrogens is 224 g/mol. The molecular formula is C10H16N4O3. The lowest BCUT2D eigenvalue weighted by Gasteiger charge is -2.04. The fourth-order valence-electron chi connectivity index (χ4n) is 1.45. The first-order valence-electron chi connectivity index (χ1n) is 5.35. The maximum absolute atomic E-state index is 11.4. The number of hydrogen-bond donors (Lipinski definition) is 1. The molecule has 0 atom stereocenters. The number of rotatable bonds is 5. The molecule has 0 radical (unpaired) electrons. The van der Waals surface area contributed by atoms with Crippen molar-refractivity contribution < 1.29 is 14.3 Å². The van der Waals surface area contributed by atoms with Crippen LogP contribution in [0.1, 0.15) is 29.5 Å². The van der Waals surface area contributed by atoms with Gasteiger partial charge in [-0.15, -0.1) is 5.10 Å². The summed E-state index contributed by atoms with van der Waals surface area (Å²) in [5.41, 5.74) is 0.896. The van der Waals surface area contributed by atoms with Crippen LogP contribution in [0.4, 0.5) is 0 Å². The van der Waals surface area contributed by atoms with Gasteiger partial charge in [-0.3, -0.25) is 4.79 Å². The number of carbonyl (C=O) groups excluding carboxylic acids is 2. The fraction of sp³-hybridized carbons (Fsp3) is 0.600. The van der Waals surface area contributed by atoms with Crippen molar-refractivity contribution in [1.29, 1.82) is 0 Å². The normalized spacial score (nSPS) is 10.1. The number of methoxy groups -OCH3 is 1. The Morgan fingerprint density at radius 1 is 1.47 bits per heavy atom. The largest absolute Gasteiger partial charge is 0.464 e. The summed E-state index contributed by atoms with van der Waals surface area (Å²) >= 11 is 0. The maximum atomic E-state index is 11.4. The van der Waals surface area contributed by atoms with Gasteiger partial charge in [0.1, 0.15) is 0 Å². The molecule has 0 saturated carbocycles. The molecule has 0 unspecified atom stereocenters. The molecule has 7 nitrogen and oxygen atoms in total. The summed E-state index contributed by atoms with van der Waals surface area (Å²) in [5.74, 6) is -0.588. The first kappa shape index (κ1) is 13.1. The van der Waals surface area contributed by atoms with Crippen molar-refractivity contribution in [2.24, 2.45) is 0 Å². The number of aromatic nitrogens is 3. The molecule has 94 valence electrons. The summed E-state index contributed by atoms with van der Waals surface area (Å²) in [4.78, 5) is 22.5. The van der Waals surface area contributed by atoms with Crippen molar-refractivity contribution in [3.63, 3.8) is 0 Å². The van der Waals surface area contributed by atoms with E-state index in [1.807, 2.05) is 6.92 Å². The Morgan fingerprint density at radius 3 is 2.71 bits per heavy atom. The van der Waals surface area contributed by atoms with Gasteiger partial charge in [0.15, 0.2) is 5.69 Å². The van der Waals surface area contributed by atoms with Crippen molar-refractivity contribution in [3.8, 4) is 0 Å². The number of aryl methyl sites for hydroxylation is 1. The summed E-state index contributed by atoms with van der Waals surface area (Å²) in [6, 6.07) is 0. The number of esters is 1. The van der Waals surface area contributed by atoms with E-state index in [9.17, 15) is 9.59 Å². The average Bonchev–Trinajstić information content (AvgIpc) is 2.77. The summed E-state index contributed by atoms with van der Waals surface area (Å²) in [6.45, 7) is 2.29. The molecule has 0 aliphatic carbocycles. The first-order chi connectivity index (χ1) is 8.13. The summed E-state index contributed by atoms with van der Waals surface area (Å²) in [5, 5.41) is 10.1. The van der Waals surface area contributed by atoms with Crippen molar-refractivity contribution in [2.45, 2.75) is 26.3 Å². The van der Waals surface area contributed by atoms with Crippen LogP contribution in [0.3, 0.4) is 0 Å². The summed E-state index contributed by atoms with van der Waals surface area (Å²) < 4.78 is 6.16. The van der Waals surface area contributed by atoms with Gasteiger partial charge in [0.05, 0.1) is 19.3 Å². The Morgan fingerprint density at radius 2 is 2.18 bits per heavy atom. The molecule has 1 N–H and O–H groups in total. The number of hydrogen-bond acceptors (Lipinski definition) is 5. The molecule has 0 aliphatic rings. The summed E-state index contributed by atoms with van der Waals surface area (Å²) in [6.07, 6.45) is 0.901. The van der Waals surface area contributed by atoms with Gasteiger partial charge in [-0.25, -0.2) is 9.48 Å². The minimum Gasteiger partial charge on any atom is -0.464 e. The molecule has 0 bridgehead atoms. The molecule has 0 saturated heterocycles. The van der Waals surface area contributed by atoms with Crippen LogP contribution in [0.2, 0.25) is 0 Å². The first-order valence-corrected chi connectivity index (χ1v) is 5.35. The van der Waals surface area contributed by atoms with Gasteiger partial charge in [-0.05, 0) is 6.42 Å². The van der Waals surface area contributed by atoms with E-state index in [0.29, 0.717) is 25.1 Å². The monoisotopic (exact) mass is 240 g/mol. The third-order valence-electron chi connectivity index (χ3n) is 2.38. The topological polar surface area (TPSA) is 86.1 Å². The molecule has 1 amide bonds. The predicted molar refractivity (Wildman–Crippen MR) is 59.4 cm³/mol. The third kappa shape index (κ3) is 3.02. The Bertz CT molecular complexity index is 414. The van der Waals surface area contributed by atoms with Crippen molar-refractivity contribution in [2.75, 3.05) is 14.2 Å². The van der Waals surface area contributed by atoms with Crippen LogP contribution in [-0.2, 0) is 22.5 Å². The Kier molecular flexibility index (Phi) is 4.62. The number of nitrogens with one attached hydrogen (secondary N) is 1. The van der Waals surface area contributed by atoms with Crippen LogP contribution in [0.5, 0.6) is 0 Å².